The van der Waals surface area contributed by atoms with Gasteiger partial charge in [0, 0.05) is 9.80 Å². The maximum Gasteiger partial charge on any atom is 0.179 e. The van der Waals surface area contributed by atoms with Gasteiger partial charge in [-0.25, -0.2) is 8.42 Å². The molecule has 5 heteroatoms. The lowest BCUT2D eigenvalue weighted by atomic mass is 10.3. The van der Waals surface area contributed by atoms with E-state index in [2.05, 4.69) is 31.9 Å². The molecule has 1 aromatic rings. The van der Waals surface area contributed by atoms with E-state index in [1.807, 2.05) is 6.07 Å². The molecular weight excluding hydrogens is 356 g/mol. The molecule has 0 aliphatic heterocycles. The van der Waals surface area contributed by atoms with Crippen LogP contribution in [-0.4, -0.2) is 19.5 Å². The van der Waals surface area contributed by atoms with Gasteiger partial charge in [0.2, 0.25) is 0 Å². The number of unbranched alkanes of at least 4 members (excludes halogenated alkanes) is 2. The Hall–Kier alpha value is 0.130. The number of alkyl halides is 1. The highest BCUT2D eigenvalue weighted by Gasteiger charge is 2.16. The molecule has 0 saturated carbocycles. The highest BCUT2D eigenvalue weighted by Crippen LogP contribution is 2.23. The van der Waals surface area contributed by atoms with E-state index in [1.54, 1.807) is 18.2 Å². The lowest BCUT2D eigenvalue weighted by Crippen LogP contribution is -2.07. The largest absolute Gasteiger partial charge is 0.224 e. The predicted octanol–water partition coefficient (Wildman–Crippen LogP) is 3.79. The molecule has 0 atom stereocenters. The number of benzene rings is 1. The summed E-state index contributed by atoms with van der Waals surface area (Å²) in [7, 11) is -3.13. The third kappa shape index (κ3) is 4.18. The van der Waals surface area contributed by atoms with Gasteiger partial charge in [-0.05, 0) is 40.9 Å². The summed E-state index contributed by atoms with van der Waals surface area (Å²) in [5, 5.41) is 0.933. The quantitative estimate of drug-likeness (QED) is 0.564. The van der Waals surface area contributed by atoms with Gasteiger partial charge < -0.3 is 0 Å². The fourth-order valence-electron chi connectivity index (χ4n) is 1.37. The van der Waals surface area contributed by atoms with Crippen molar-refractivity contribution in [1.29, 1.82) is 0 Å². The summed E-state index contributed by atoms with van der Waals surface area (Å²) < 4.78 is 24.6. The van der Waals surface area contributed by atoms with E-state index in [4.69, 9.17) is 0 Å². The first-order valence-corrected chi connectivity index (χ1v) is 8.68. The highest BCUT2D eigenvalue weighted by atomic mass is 79.9. The average molecular weight is 370 g/mol. The maximum atomic E-state index is 12.0. The molecule has 0 fully saturated rings. The van der Waals surface area contributed by atoms with Crippen molar-refractivity contribution in [2.75, 3.05) is 11.1 Å². The number of hydrogen-bond donors (Lipinski definition) is 0. The minimum absolute atomic E-state index is 0.225. The summed E-state index contributed by atoms with van der Waals surface area (Å²) in [6, 6.07) is 6.96. The van der Waals surface area contributed by atoms with Gasteiger partial charge in [-0.2, -0.15) is 0 Å². The van der Waals surface area contributed by atoms with Crippen LogP contribution in [0.4, 0.5) is 0 Å². The number of rotatable bonds is 6. The molecular formula is C11H14Br2O2S. The van der Waals surface area contributed by atoms with Crippen LogP contribution in [0.1, 0.15) is 19.3 Å². The van der Waals surface area contributed by atoms with E-state index in [9.17, 15) is 8.42 Å². The van der Waals surface area contributed by atoms with E-state index in [1.165, 1.54) is 0 Å². The van der Waals surface area contributed by atoms with Crippen molar-refractivity contribution in [2.45, 2.75) is 24.2 Å². The highest BCUT2D eigenvalue weighted by molar-refractivity contribution is 9.10. The van der Waals surface area contributed by atoms with Gasteiger partial charge in [-0.15, -0.1) is 0 Å². The van der Waals surface area contributed by atoms with Crippen LogP contribution in [0.25, 0.3) is 0 Å². The Morgan fingerprint density at radius 3 is 2.38 bits per heavy atom. The van der Waals surface area contributed by atoms with Crippen LogP contribution in [0.15, 0.2) is 33.6 Å². The van der Waals surface area contributed by atoms with Crippen LogP contribution in [0, 0.1) is 0 Å². The molecule has 0 amide bonds. The van der Waals surface area contributed by atoms with Crippen molar-refractivity contribution >= 4 is 41.7 Å². The Bertz CT molecular complexity index is 429. The molecule has 0 unspecified atom stereocenters. The summed E-state index contributed by atoms with van der Waals surface area (Å²) >= 11 is 6.60. The Kier molecular flexibility index (Phi) is 6.00. The summed E-state index contributed by atoms with van der Waals surface area (Å²) in [6.07, 6.45) is 2.68. The second kappa shape index (κ2) is 6.77. The van der Waals surface area contributed by atoms with Crippen LogP contribution in [0.5, 0.6) is 0 Å². The number of halogens is 2. The molecule has 2 nitrogen and oxygen atoms in total. The smallest absolute Gasteiger partial charge is 0.179 e. The summed E-state index contributed by atoms with van der Waals surface area (Å²) in [5.74, 6) is 0.225. The van der Waals surface area contributed by atoms with Crippen LogP contribution in [-0.2, 0) is 9.84 Å². The Morgan fingerprint density at radius 2 is 1.75 bits per heavy atom. The molecule has 0 aromatic heterocycles. The SMILES string of the molecule is O=S(=O)(CCCCCBr)c1ccccc1Br. The summed E-state index contributed by atoms with van der Waals surface area (Å²) in [4.78, 5) is 0.397. The average Bonchev–Trinajstić information content (AvgIpc) is 2.25. The lowest BCUT2D eigenvalue weighted by Gasteiger charge is -2.05. The number of sulfone groups is 1. The third-order valence-electron chi connectivity index (χ3n) is 2.22. The van der Waals surface area contributed by atoms with E-state index < -0.39 is 9.84 Å². The van der Waals surface area contributed by atoms with Crippen molar-refractivity contribution in [3.05, 3.63) is 28.7 Å². The molecule has 0 radical (unpaired) electrons. The molecule has 0 aliphatic rings. The van der Waals surface area contributed by atoms with Crippen LogP contribution < -0.4 is 0 Å². The Labute approximate surface area is 114 Å². The zero-order valence-electron chi connectivity index (χ0n) is 8.83. The molecule has 1 rings (SSSR count). The van der Waals surface area contributed by atoms with Gasteiger partial charge in [0.15, 0.2) is 9.84 Å². The van der Waals surface area contributed by atoms with Gasteiger partial charge in [0.05, 0.1) is 10.6 Å². The van der Waals surface area contributed by atoms with Gasteiger partial charge in [0.25, 0.3) is 0 Å². The van der Waals surface area contributed by atoms with Crippen LogP contribution in [0.3, 0.4) is 0 Å². The summed E-state index contributed by atoms with van der Waals surface area (Å²) in [6.45, 7) is 0. The molecule has 0 heterocycles. The van der Waals surface area contributed by atoms with Crippen LogP contribution in [0.2, 0.25) is 0 Å². The molecule has 1 aromatic carbocycles. The van der Waals surface area contributed by atoms with Crippen molar-refractivity contribution in [3.63, 3.8) is 0 Å². The monoisotopic (exact) mass is 368 g/mol. The second-order valence-electron chi connectivity index (χ2n) is 3.50. The number of hydrogen-bond acceptors (Lipinski definition) is 2. The predicted molar refractivity (Wildman–Crippen MR) is 73.8 cm³/mol. The van der Waals surface area contributed by atoms with Crippen molar-refractivity contribution in [3.8, 4) is 0 Å². The molecule has 0 N–H and O–H groups in total. The Balaban J connectivity index is 2.68. The van der Waals surface area contributed by atoms with E-state index in [-0.39, 0.29) is 5.75 Å². The first-order valence-electron chi connectivity index (χ1n) is 5.11. The Morgan fingerprint density at radius 1 is 1.06 bits per heavy atom. The van der Waals surface area contributed by atoms with Crippen molar-refractivity contribution in [1.82, 2.24) is 0 Å². The second-order valence-corrected chi connectivity index (χ2v) is 7.22. The van der Waals surface area contributed by atoms with Crippen molar-refractivity contribution in [2.24, 2.45) is 0 Å². The fraction of sp³-hybridized carbons (Fsp3) is 0.455. The minimum atomic E-state index is -3.13. The first-order chi connectivity index (χ1) is 7.58. The molecule has 90 valence electrons. The lowest BCUT2D eigenvalue weighted by molar-refractivity contribution is 0.590. The summed E-state index contributed by atoms with van der Waals surface area (Å²) in [5.41, 5.74) is 0. The van der Waals surface area contributed by atoms with Gasteiger partial charge in [0.1, 0.15) is 0 Å². The zero-order chi connectivity index (χ0) is 12.0. The maximum absolute atomic E-state index is 12.0. The zero-order valence-corrected chi connectivity index (χ0v) is 12.8. The van der Waals surface area contributed by atoms with Crippen LogP contribution >= 0.6 is 31.9 Å². The van der Waals surface area contributed by atoms with Gasteiger partial charge >= 0.3 is 0 Å². The van der Waals surface area contributed by atoms with E-state index >= 15 is 0 Å². The van der Waals surface area contributed by atoms with Crippen molar-refractivity contribution < 1.29 is 8.42 Å². The molecule has 0 saturated heterocycles. The van der Waals surface area contributed by atoms with Gasteiger partial charge in [-0.1, -0.05) is 34.5 Å². The standard InChI is InChI=1S/C11H14Br2O2S/c12-8-4-1-5-9-16(14,15)11-7-3-2-6-10(11)13/h2-3,6-7H,1,4-5,8-9H2. The van der Waals surface area contributed by atoms with E-state index in [0.717, 1.165) is 24.6 Å². The normalized spacial score (nSPS) is 11.6. The first kappa shape index (κ1) is 14.2. The van der Waals surface area contributed by atoms with E-state index in [0.29, 0.717) is 9.37 Å². The molecule has 0 spiro atoms. The topological polar surface area (TPSA) is 34.1 Å². The molecule has 0 aliphatic carbocycles. The minimum Gasteiger partial charge on any atom is -0.224 e. The fourth-order valence-corrected chi connectivity index (χ4v) is 4.25. The molecule has 16 heavy (non-hydrogen) atoms. The van der Waals surface area contributed by atoms with Gasteiger partial charge in [-0.3, -0.25) is 0 Å². The third-order valence-corrected chi connectivity index (χ3v) is 5.59. The molecule has 0 bridgehead atoms.